The van der Waals surface area contributed by atoms with Crippen LogP contribution in [-0.2, 0) is 0 Å². The van der Waals surface area contributed by atoms with E-state index in [-0.39, 0.29) is 5.56 Å². The molecule has 0 saturated heterocycles. The minimum atomic E-state index is -0.271. The standard InChI is InChI=1S/C47H29N7O/c55-45-37-29-33(25-27-40(37)54-42-23-13-12-22-41(42)52(47(54)51-45)34-18-8-3-9-19-34)32-24-26-39-36(28-32)35-20-10-11-21-38(35)53(39)46-49-43(30-14-4-1-5-15-30)48-44(50-46)31-16-6-2-7-17-31/h1-29H. The summed E-state index contributed by atoms with van der Waals surface area (Å²) < 4.78 is 6.25. The van der Waals surface area contributed by atoms with E-state index in [4.69, 9.17) is 15.0 Å². The summed E-state index contributed by atoms with van der Waals surface area (Å²) in [6, 6.07) is 59.0. The summed E-state index contributed by atoms with van der Waals surface area (Å²) in [5.41, 5.74) is 9.12. The lowest BCUT2D eigenvalue weighted by molar-refractivity contribution is 0.953. The zero-order chi connectivity index (χ0) is 36.5. The first-order chi connectivity index (χ1) is 27.2. The van der Waals surface area contributed by atoms with E-state index >= 15 is 0 Å². The second-order valence-corrected chi connectivity index (χ2v) is 13.5. The molecular weight excluding hydrogens is 679 g/mol. The summed E-state index contributed by atoms with van der Waals surface area (Å²) in [6.07, 6.45) is 0. The zero-order valence-corrected chi connectivity index (χ0v) is 29.3. The van der Waals surface area contributed by atoms with Crippen molar-refractivity contribution < 1.29 is 0 Å². The molecular formula is C47H29N7O. The maximum atomic E-state index is 13.9. The quantitative estimate of drug-likeness (QED) is 0.178. The molecule has 0 aliphatic heterocycles. The molecule has 4 heterocycles. The van der Waals surface area contributed by atoms with Gasteiger partial charge in [0.25, 0.3) is 5.56 Å². The number of fused-ring (bicyclic) bond motifs is 8. The van der Waals surface area contributed by atoms with Crippen LogP contribution in [-0.4, -0.2) is 33.5 Å². The SMILES string of the molecule is O=c1nc2n(-c3ccccc3)c3ccccc3n2c2ccc(-c3ccc4c(c3)c3ccccc3n4-c3nc(-c4ccccc4)nc(-c4ccccc4)n3)cc12. The van der Waals surface area contributed by atoms with Gasteiger partial charge in [-0.3, -0.25) is 18.3 Å². The average molecular weight is 708 g/mol. The van der Waals surface area contributed by atoms with E-state index in [1.54, 1.807) is 0 Å². The van der Waals surface area contributed by atoms with Crippen molar-refractivity contribution in [3.05, 3.63) is 186 Å². The third-order valence-electron chi connectivity index (χ3n) is 10.3. The van der Waals surface area contributed by atoms with Gasteiger partial charge in [-0.1, -0.05) is 121 Å². The van der Waals surface area contributed by atoms with Crippen LogP contribution in [0.3, 0.4) is 0 Å². The van der Waals surface area contributed by atoms with Crippen molar-refractivity contribution in [2.24, 2.45) is 0 Å². The molecule has 0 N–H and O–H groups in total. The smallest absolute Gasteiger partial charge is 0.278 e. The Morgan fingerprint density at radius 3 is 1.56 bits per heavy atom. The molecule has 0 fully saturated rings. The van der Waals surface area contributed by atoms with E-state index in [9.17, 15) is 4.79 Å². The Balaban J connectivity index is 1.10. The number of rotatable bonds is 5. The third kappa shape index (κ3) is 4.89. The monoisotopic (exact) mass is 707 g/mol. The maximum Gasteiger partial charge on any atom is 0.282 e. The Morgan fingerprint density at radius 1 is 0.364 bits per heavy atom. The Morgan fingerprint density at radius 2 is 0.891 bits per heavy atom. The summed E-state index contributed by atoms with van der Waals surface area (Å²) in [4.78, 5) is 33.6. The largest absolute Gasteiger partial charge is 0.282 e. The fraction of sp³-hybridized carbons (Fsp3) is 0. The van der Waals surface area contributed by atoms with Crippen molar-refractivity contribution in [2.75, 3.05) is 0 Å². The van der Waals surface area contributed by atoms with Crippen LogP contribution in [0.25, 0.3) is 95.1 Å². The summed E-state index contributed by atoms with van der Waals surface area (Å²) in [5, 5.41) is 2.67. The molecule has 0 radical (unpaired) electrons. The molecule has 0 amide bonds. The van der Waals surface area contributed by atoms with Gasteiger partial charge < -0.3 is 0 Å². The van der Waals surface area contributed by atoms with Crippen LogP contribution in [0.5, 0.6) is 0 Å². The summed E-state index contributed by atoms with van der Waals surface area (Å²) in [7, 11) is 0. The van der Waals surface area contributed by atoms with Crippen LogP contribution in [0.1, 0.15) is 0 Å². The van der Waals surface area contributed by atoms with Gasteiger partial charge in [-0.15, -0.1) is 0 Å². The van der Waals surface area contributed by atoms with Gasteiger partial charge in [-0.25, -0.2) is 4.98 Å². The van der Waals surface area contributed by atoms with Gasteiger partial charge in [-0.05, 0) is 65.7 Å². The van der Waals surface area contributed by atoms with E-state index in [1.807, 2.05) is 126 Å². The minimum absolute atomic E-state index is 0.271. The second-order valence-electron chi connectivity index (χ2n) is 13.5. The Kier molecular flexibility index (Phi) is 6.84. The molecule has 55 heavy (non-hydrogen) atoms. The highest BCUT2D eigenvalue weighted by molar-refractivity contribution is 6.10. The van der Waals surface area contributed by atoms with Crippen LogP contribution in [0.15, 0.2) is 181 Å². The topological polar surface area (TPSA) is 82.9 Å². The number of aromatic nitrogens is 7. The van der Waals surface area contributed by atoms with Crippen LogP contribution < -0.4 is 5.56 Å². The van der Waals surface area contributed by atoms with Gasteiger partial charge in [-0.2, -0.15) is 15.0 Å². The molecule has 7 aromatic carbocycles. The highest BCUT2D eigenvalue weighted by Crippen LogP contribution is 2.36. The van der Waals surface area contributed by atoms with Crippen molar-refractivity contribution in [2.45, 2.75) is 0 Å². The minimum Gasteiger partial charge on any atom is -0.278 e. The first-order valence-corrected chi connectivity index (χ1v) is 18.1. The number of para-hydroxylation sites is 4. The molecule has 258 valence electrons. The molecule has 4 aromatic heterocycles. The van der Waals surface area contributed by atoms with Gasteiger partial charge in [0.15, 0.2) is 11.6 Å². The normalized spacial score (nSPS) is 11.7. The Labute approximate surface area is 313 Å². The first-order valence-electron chi connectivity index (χ1n) is 18.1. The van der Waals surface area contributed by atoms with Crippen LogP contribution in [0.2, 0.25) is 0 Å². The van der Waals surface area contributed by atoms with E-state index < -0.39 is 0 Å². The summed E-state index contributed by atoms with van der Waals surface area (Å²) >= 11 is 0. The Hall–Kier alpha value is -7.71. The van der Waals surface area contributed by atoms with E-state index in [0.717, 1.165) is 66.3 Å². The zero-order valence-electron chi connectivity index (χ0n) is 29.3. The highest BCUT2D eigenvalue weighted by atomic mass is 16.1. The molecule has 0 aliphatic carbocycles. The average Bonchev–Trinajstić information content (AvgIpc) is 3.77. The summed E-state index contributed by atoms with van der Waals surface area (Å²) in [5.74, 6) is 2.32. The van der Waals surface area contributed by atoms with Crippen LogP contribution in [0.4, 0.5) is 0 Å². The number of nitrogens with zero attached hydrogens (tertiary/aromatic N) is 7. The van der Waals surface area contributed by atoms with Gasteiger partial charge >= 0.3 is 0 Å². The van der Waals surface area contributed by atoms with E-state index in [2.05, 4.69) is 68.5 Å². The number of hydrogen-bond donors (Lipinski definition) is 0. The second kappa shape index (κ2) is 12.2. The van der Waals surface area contributed by atoms with Gasteiger partial charge in [0.1, 0.15) is 0 Å². The van der Waals surface area contributed by atoms with Crippen molar-refractivity contribution in [3.63, 3.8) is 0 Å². The lowest BCUT2D eigenvalue weighted by Crippen LogP contribution is -2.12. The number of hydrogen-bond acceptors (Lipinski definition) is 5. The predicted octanol–water partition coefficient (Wildman–Crippen LogP) is 10.1. The van der Waals surface area contributed by atoms with E-state index in [1.165, 1.54) is 0 Å². The number of benzene rings is 7. The lowest BCUT2D eigenvalue weighted by atomic mass is 10.0. The molecule has 0 unspecified atom stereocenters. The Bertz CT molecular complexity index is 3270. The fourth-order valence-corrected chi connectivity index (χ4v) is 7.83. The van der Waals surface area contributed by atoms with Gasteiger partial charge in [0.05, 0.1) is 33.0 Å². The molecule has 0 bridgehead atoms. The summed E-state index contributed by atoms with van der Waals surface area (Å²) in [6.45, 7) is 0. The van der Waals surface area contributed by atoms with Crippen molar-refractivity contribution in [1.82, 2.24) is 33.5 Å². The van der Waals surface area contributed by atoms with E-state index in [0.29, 0.717) is 28.8 Å². The molecule has 0 saturated carbocycles. The van der Waals surface area contributed by atoms with Crippen molar-refractivity contribution in [3.8, 4) is 45.5 Å². The molecule has 11 rings (SSSR count). The van der Waals surface area contributed by atoms with Gasteiger partial charge in [0.2, 0.25) is 11.7 Å². The van der Waals surface area contributed by atoms with Crippen LogP contribution in [0, 0.1) is 0 Å². The maximum absolute atomic E-state index is 13.9. The molecule has 0 aliphatic rings. The van der Waals surface area contributed by atoms with Gasteiger partial charge in [0, 0.05) is 27.6 Å². The number of imidazole rings is 1. The highest BCUT2D eigenvalue weighted by Gasteiger charge is 2.20. The van der Waals surface area contributed by atoms with Crippen molar-refractivity contribution in [1.29, 1.82) is 0 Å². The predicted molar refractivity (Wildman–Crippen MR) is 220 cm³/mol. The lowest BCUT2D eigenvalue weighted by Gasteiger charge is -2.11. The first kappa shape index (κ1) is 30.9. The molecule has 11 aromatic rings. The molecule has 0 spiro atoms. The van der Waals surface area contributed by atoms with Crippen molar-refractivity contribution >= 4 is 49.5 Å². The fourth-order valence-electron chi connectivity index (χ4n) is 7.83. The third-order valence-corrected chi connectivity index (χ3v) is 10.3. The molecule has 8 nitrogen and oxygen atoms in total. The molecule has 8 heteroatoms. The molecule has 0 atom stereocenters. The van der Waals surface area contributed by atoms with Crippen LogP contribution >= 0.6 is 0 Å².